The Kier molecular flexibility index (Phi) is 5.66. The van der Waals surface area contributed by atoms with E-state index < -0.39 is 0 Å². The number of carbonyl (C=O) groups is 2. The number of nitrogens with one attached hydrogen (secondary N) is 2. The minimum atomic E-state index is -0.355. The molecule has 6 aromatic rings. The summed E-state index contributed by atoms with van der Waals surface area (Å²) in [4.78, 5) is 44.0. The molecule has 9 nitrogen and oxygen atoms in total. The molecule has 1 aliphatic rings. The topological polar surface area (TPSA) is 118 Å². The van der Waals surface area contributed by atoms with Crippen LogP contribution < -0.4 is 5.32 Å². The quantitative estimate of drug-likeness (QED) is 0.317. The Morgan fingerprint density at radius 1 is 0.892 bits per heavy atom. The van der Waals surface area contributed by atoms with Gasteiger partial charge in [0.1, 0.15) is 5.82 Å². The minimum Gasteiger partial charge on any atom is -0.334 e. The van der Waals surface area contributed by atoms with E-state index in [4.69, 9.17) is 11.6 Å². The number of rotatable bonds is 2. The standard InChI is InChI=1S/C14H9N3O.C13H9ClN4O/c18-12-8-9-4-3-7-15-13(9)17-11-6-2-1-5-10(11)16-14(12)17;14-11-10(6-3-7-15-11)18-13(19)12-16-8-4-1-2-5-9(8)17-12/h1-7H,8H2;1-7H,(H,16,17)(H,18,19). The van der Waals surface area contributed by atoms with E-state index in [1.807, 2.05) is 65.2 Å². The number of fused-ring (bicyclic) bond motifs is 6. The van der Waals surface area contributed by atoms with Crippen molar-refractivity contribution < 1.29 is 9.59 Å². The first-order chi connectivity index (χ1) is 18.1. The highest BCUT2D eigenvalue weighted by Gasteiger charge is 2.26. The molecule has 2 N–H and O–H groups in total. The number of ketones is 1. The average Bonchev–Trinajstić information content (AvgIpc) is 3.53. The number of para-hydroxylation sites is 4. The van der Waals surface area contributed by atoms with Gasteiger partial charge >= 0.3 is 0 Å². The van der Waals surface area contributed by atoms with Crippen LogP contribution >= 0.6 is 11.6 Å². The fourth-order valence-corrected chi connectivity index (χ4v) is 4.34. The van der Waals surface area contributed by atoms with E-state index in [-0.39, 0.29) is 22.7 Å². The van der Waals surface area contributed by atoms with Crippen molar-refractivity contribution in [1.29, 1.82) is 0 Å². The van der Waals surface area contributed by atoms with E-state index in [0.29, 0.717) is 17.9 Å². The van der Waals surface area contributed by atoms with Crippen LogP contribution in [0.3, 0.4) is 0 Å². The zero-order valence-electron chi connectivity index (χ0n) is 19.2. The van der Waals surface area contributed by atoms with Gasteiger partial charge in [-0.1, -0.05) is 41.9 Å². The van der Waals surface area contributed by atoms with Crippen LogP contribution in [0.4, 0.5) is 5.69 Å². The Balaban J connectivity index is 0.000000136. The number of anilines is 1. The Morgan fingerprint density at radius 2 is 1.65 bits per heavy atom. The molecule has 0 saturated carbocycles. The summed E-state index contributed by atoms with van der Waals surface area (Å²) in [6.45, 7) is 0. The van der Waals surface area contributed by atoms with E-state index in [1.165, 1.54) is 0 Å². The number of nitrogens with zero attached hydrogens (tertiary/aromatic N) is 5. The van der Waals surface area contributed by atoms with Gasteiger partial charge < -0.3 is 10.3 Å². The third-order valence-corrected chi connectivity index (χ3v) is 6.15. The third-order valence-electron chi connectivity index (χ3n) is 5.85. The zero-order chi connectivity index (χ0) is 25.4. The van der Waals surface area contributed by atoms with Crippen LogP contribution in [-0.2, 0) is 6.42 Å². The normalized spacial score (nSPS) is 12.0. The molecule has 37 heavy (non-hydrogen) atoms. The van der Waals surface area contributed by atoms with Gasteiger partial charge in [0.2, 0.25) is 5.78 Å². The Bertz CT molecular complexity index is 1770. The van der Waals surface area contributed by atoms with Crippen LogP contribution in [0.5, 0.6) is 0 Å². The first kappa shape index (κ1) is 22.6. The van der Waals surface area contributed by atoms with Crippen molar-refractivity contribution in [3.8, 4) is 5.82 Å². The van der Waals surface area contributed by atoms with Gasteiger partial charge in [0.15, 0.2) is 16.8 Å². The molecule has 1 aliphatic heterocycles. The van der Waals surface area contributed by atoms with Gasteiger partial charge in [0.25, 0.3) is 5.91 Å². The second-order valence-corrected chi connectivity index (χ2v) is 8.60. The first-order valence-corrected chi connectivity index (χ1v) is 11.8. The lowest BCUT2D eigenvalue weighted by Crippen LogP contribution is -2.20. The van der Waals surface area contributed by atoms with Crippen molar-refractivity contribution in [2.75, 3.05) is 5.32 Å². The SMILES string of the molecule is O=C(Nc1cccnc1Cl)c1nc2ccccc2[nH]1.O=C1Cc2cccnc2-n2c1nc1ccccc12. The van der Waals surface area contributed by atoms with Gasteiger partial charge in [-0.05, 0) is 42.5 Å². The lowest BCUT2D eigenvalue weighted by molar-refractivity contribution is 0.0976. The van der Waals surface area contributed by atoms with Crippen molar-refractivity contribution in [2.45, 2.75) is 6.42 Å². The molecule has 5 heterocycles. The number of imidazole rings is 2. The second-order valence-electron chi connectivity index (χ2n) is 8.24. The summed E-state index contributed by atoms with van der Waals surface area (Å²) in [5.74, 6) is 1.24. The van der Waals surface area contributed by atoms with Crippen LogP contribution in [0.25, 0.3) is 27.9 Å². The first-order valence-electron chi connectivity index (χ1n) is 11.4. The maximum Gasteiger partial charge on any atom is 0.291 e. The van der Waals surface area contributed by atoms with Crippen molar-refractivity contribution in [3.05, 3.63) is 108 Å². The predicted molar refractivity (Wildman–Crippen MR) is 140 cm³/mol. The van der Waals surface area contributed by atoms with E-state index in [1.54, 1.807) is 24.5 Å². The summed E-state index contributed by atoms with van der Waals surface area (Å²) in [5.41, 5.74) is 4.72. The summed E-state index contributed by atoms with van der Waals surface area (Å²) in [6.07, 6.45) is 3.68. The zero-order valence-corrected chi connectivity index (χ0v) is 20.0. The summed E-state index contributed by atoms with van der Waals surface area (Å²) < 4.78 is 1.86. The van der Waals surface area contributed by atoms with Gasteiger partial charge in [-0.3, -0.25) is 14.2 Å². The van der Waals surface area contributed by atoms with Crippen molar-refractivity contribution in [3.63, 3.8) is 0 Å². The maximum absolute atomic E-state index is 12.1. The van der Waals surface area contributed by atoms with Crippen molar-refractivity contribution in [2.24, 2.45) is 0 Å². The van der Waals surface area contributed by atoms with Crippen LogP contribution in [0.1, 0.15) is 26.8 Å². The number of amides is 1. The van der Waals surface area contributed by atoms with E-state index in [0.717, 1.165) is 33.4 Å². The fraction of sp³-hybridized carbons (Fsp3) is 0.0370. The lowest BCUT2D eigenvalue weighted by atomic mass is 10.1. The highest BCUT2D eigenvalue weighted by atomic mass is 35.5. The Hall–Kier alpha value is -4.89. The second kappa shape index (κ2) is 9.29. The Morgan fingerprint density at radius 3 is 2.49 bits per heavy atom. The van der Waals surface area contributed by atoms with Gasteiger partial charge in [-0.25, -0.2) is 19.9 Å². The number of halogens is 1. The molecule has 10 heteroatoms. The highest BCUT2D eigenvalue weighted by molar-refractivity contribution is 6.32. The van der Waals surface area contributed by atoms with Crippen LogP contribution in [0.15, 0.2) is 85.2 Å². The number of carbonyl (C=O) groups excluding carboxylic acids is 2. The molecule has 1 amide bonds. The molecule has 0 atom stereocenters. The number of hydrogen-bond donors (Lipinski definition) is 2. The number of aromatic amines is 1. The molecule has 0 spiro atoms. The van der Waals surface area contributed by atoms with Gasteiger partial charge in [0, 0.05) is 24.4 Å². The number of benzene rings is 2. The molecule has 0 bridgehead atoms. The minimum absolute atomic E-state index is 0.0479. The number of pyridine rings is 2. The monoisotopic (exact) mass is 507 g/mol. The lowest BCUT2D eigenvalue weighted by Gasteiger charge is -2.16. The van der Waals surface area contributed by atoms with Crippen molar-refractivity contribution >= 4 is 51.0 Å². The maximum atomic E-state index is 12.1. The number of aromatic nitrogens is 6. The Labute approximate surface area is 215 Å². The molecule has 180 valence electrons. The van der Waals surface area contributed by atoms with Gasteiger partial charge in [-0.2, -0.15) is 0 Å². The highest BCUT2D eigenvalue weighted by Crippen LogP contribution is 2.27. The molecule has 4 aromatic heterocycles. The molecule has 0 aliphatic carbocycles. The van der Waals surface area contributed by atoms with Crippen LogP contribution in [0, 0.1) is 0 Å². The molecule has 2 aromatic carbocycles. The van der Waals surface area contributed by atoms with Gasteiger partial charge in [0.05, 0.1) is 27.8 Å². The summed E-state index contributed by atoms with van der Waals surface area (Å²) >= 11 is 5.88. The molecule has 0 unspecified atom stereocenters. The van der Waals surface area contributed by atoms with E-state index >= 15 is 0 Å². The number of Topliss-reactive ketones (excluding diaryl/α,β-unsaturated/α-hetero) is 1. The molecule has 0 fully saturated rings. The predicted octanol–water partition coefficient (Wildman–Crippen LogP) is 5.02. The molecular weight excluding hydrogens is 490 g/mol. The molecule has 0 radical (unpaired) electrons. The van der Waals surface area contributed by atoms with E-state index in [9.17, 15) is 9.59 Å². The summed E-state index contributed by atoms with van der Waals surface area (Å²) in [6, 6.07) is 22.3. The molecular formula is C27H18ClN7O2. The smallest absolute Gasteiger partial charge is 0.291 e. The van der Waals surface area contributed by atoms with Crippen LogP contribution in [0.2, 0.25) is 5.15 Å². The van der Waals surface area contributed by atoms with E-state index in [2.05, 4.69) is 30.2 Å². The fourth-order valence-electron chi connectivity index (χ4n) is 4.17. The van der Waals surface area contributed by atoms with Gasteiger partial charge in [-0.15, -0.1) is 0 Å². The molecule has 0 saturated heterocycles. The van der Waals surface area contributed by atoms with Crippen molar-refractivity contribution in [1.82, 2.24) is 29.5 Å². The number of hydrogen-bond acceptors (Lipinski definition) is 6. The largest absolute Gasteiger partial charge is 0.334 e. The third kappa shape index (κ3) is 4.21. The summed E-state index contributed by atoms with van der Waals surface area (Å²) in [5, 5.41) is 2.90. The average molecular weight is 508 g/mol. The summed E-state index contributed by atoms with van der Waals surface area (Å²) in [7, 11) is 0. The number of H-pyrrole nitrogens is 1. The molecule has 7 rings (SSSR count). The van der Waals surface area contributed by atoms with Crippen LogP contribution in [-0.4, -0.2) is 41.2 Å².